The van der Waals surface area contributed by atoms with Gasteiger partial charge < -0.3 is 14.8 Å². The predicted molar refractivity (Wildman–Crippen MR) is 136 cm³/mol. The van der Waals surface area contributed by atoms with Crippen LogP contribution in [-0.4, -0.2) is 18.7 Å². The Balaban J connectivity index is 0.00000363. The van der Waals surface area contributed by atoms with E-state index in [1.54, 1.807) is 0 Å². The summed E-state index contributed by atoms with van der Waals surface area (Å²) in [5, 5.41) is 12.0. The quantitative estimate of drug-likeness (QED) is 0.203. The largest absolute Gasteiger partial charge is 0.494 e. The minimum atomic E-state index is 0. The highest BCUT2D eigenvalue weighted by molar-refractivity contribution is 6.08. The van der Waals surface area contributed by atoms with Crippen LogP contribution in [0.15, 0.2) is 78.9 Å². The van der Waals surface area contributed by atoms with Gasteiger partial charge in [-0.3, -0.25) is 10.3 Å². The van der Waals surface area contributed by atoms with Gasteiger partial charge in [-0.05, 0) is 80.9 Å². The van der Waals surface area contributed by atoms with Gasteiger partial charge in [0, 0.05) is 17.1 Å². The number of anilines is 3. The van der Waals surface area contributed by atoms with Crippen LogP contribution in [-0.2, 0) is 0 Å². The molecule has 0 unspecified atom stereocenters. The Morgan fingerprint density at radius 3 is 2.06 bits per heavy atom. The Morgan fingerprint density at radius 1 is 0.875 bits per heavy atom. The van der Waals surface area contributed by atoms with E-state index in [2.05, 4.69) is 12.2 Å². The number of hydrogen-bond acceptors (Lipinski definition) is 3. The van der Waals surface area contributed by atoms with Gasteiger partial charge in [-0.15, -0.1) is 12.4 Å². The van der Waals surface area contributed by atoms with Gasteiger partial charge in [0.15, 0.2) is 0 Å². The lowest BCUT2D eigenvalue weighted by molar-refractivity contribution is 0.242. The van der Waals surface area contributed by atoms with Crippen molar-refractivity contribution in [3.05, 3.63) is 78.9 Å². The molecule has 32 heavy (non-hydrogen) atoms. The van der Waals surface area contributed by atoms with Gasteiger partial charge in [0.2, 0.25) is 5.96 Å². The number of para-hydroxylation sites is 1. The molecule has 0 spiro atoms. The van der Waals surface area contributed by atoms with Gasteiger partial charge >= 0.3 is 0 Å². The summed E-state index contributed by atoms with van der Waals surface area (Å²) >= 11 is 0. The maximum Gasteiger partial charge on any atom is 0.204 e. The van der Waals surface area contributed by atoms with Crippen molar-refractivity contribution in [1.82, 2.24) is 0 Å². The van der Waals surface area contributed by atoms with E-state index in [0.29, 0.717) is 0 Å². The second-order valence-electron chi connectivity index (χ2n) is 7.53. The number of benzene rings is 3. The number of hydrogen-bond donors (Lipinski definition) is 2. The summed E-state index contributed by atoms with van der Waals surface area (Å²) in [7, 11) is 0. The van der Waals surface area contributed by atoms with E-state index >= 15 is 0 Å². The molecule has 0 aliphatic heterocycles. The van der Waals surface area contributed by atoms with E-state index < -0.39 is 0 Å². The molecule has 0 saturated carbocycles. The van der Waals surface area contributed by atoms with Crippen molar-refractivity contribution in [2.75, 3.05) is 16.8 Å². The van der Waals surface area contributed by atoms with Crippen molar-refractivity contribution in [2.45, 2.75) is 39.7 Å². The number of ether oxygens (including phenoxy) is 2. The van der Waals surface area contributed by atoms with Crippen LogP contribution in [0, 0.1) is 5.41 Å². The van der Waals surface area contributed by atoms with Gasteiger partial charge in [0.1, 0.15) is 11.5 Å². The molecular formula is C26H32ClN3O2. The summed E-state index contributed by atoms with van der Waals surface area (Å²) in [4.78, 5) is 1.87. The highest BCUT2D eigenvalue weighted by atomic mass is 35.5. The Hall–Kier alpha value is -3.18. The zero-order valence-corrected chi connectivity index (χ0v) is 19.7. The first-order chi connectivity index (χ1) is 15.1. The van der Waals surface area contributed by atoms with Gasteiger partial charge in [0.25, 0.3) is 0 Å². The minimum Gasteiger partial charge on any atom is -0.494 e. The molecular weight excluding hydrogens is 422 g/mol. The van der Waals surface area contributed by atoms with Gasteiger partial charge in [-0.2, -0.15) is 0 Å². The number of rotatable bonds is 9. The molecule has 170 valence electrons. The van der Waals surface area contributed by atoms with Gasteiger partial charge in [-0.25, -0.2) is 0 Å². The van der Waals surface area contributed by atoms with Crippen molar-refractivity contribution in [3.63, 3.8) is 0 Å². The predicted octanol–water partition coefficient (Wildman–Crippen LogP) is 7.26. The Bertz CT molecular complexity index is 945. The zero-order valence-electron chi connectivity index (χ0n) is 18.9. The smallest absolute Gasteiger partial charge is 0.204 e. The zero-order chi connectivity index (χ0) is 22.1. The highest BCUT2D eigenvalue weighted by Gasteiger charge is 2.15. The molecule has 0 amide bonds. The number of unbranched alkanes of at least 4 members (excludes halogenated alkanes) is 1. The SMILES string of the molecule is CCCCOc1ccc(NC(=N)N(c2ccccc2)c2ccc(OC(C)C)cc2)cc1.Cl. The lowest BCUT2D eigenvalue weighted by atomic mass is 10.2. The van der Waals surface area contributed by atoms with Crippen molar-refractivity contribution in [1.29, 1.82) is 5.41 Å². The first-order valence-electron chi connectivity index (χ1n) is 10.8. The first-order valence-corrected chi connectivity index (χ1v) is 10.8. The fourth-order valence-corrected chi connectivity index (χ4v) is 3.09. The molecule has 5 nitrogen and oxygen atoms in total. The molecule has 0 radical (unpaired) electrons. The molecule has 3 rings (SSSR count). The van der Waals surface area contributed by atoms with Crippen molar-refractivity contribution >= 4 is 35.4 Å². The first kappa shape index (κ1) is 25.1. The van der Waals surface area contributed by atoms with Crippen molar-refractivity contribution < 1.29 is 9.47 Å². The fraction of sp³-hybridized carbons (Fsp3) is 0.269. The van der Waals surface area contributed by atoms with Crippen LogP contribution in [0.3, 0.4) is 0 Å². The number of nitrogens with one attached hydrogen (secondary N) is 2. The maximum absolute atomic E-state index is 8.77. The topological polar surface area (TPSA) is 57.6 Å². The second kappa shape index (κ2) is 12.6. The molecule has 0 fully saturated rings. The van der Waals surface area contributed by atoms with E-state index in [1.165, 1.54) is 0 Å². The summed E-state index contributed by atoms with van der Waals surface area (Å²) in [5.41, 5.74) is 2.60. The van der Waals surface area contributed by atoms with Crippen molar-refractivity contribution in [3.8, 4) is 11.5 Å². The molecule has 0 aromatic heterocycles. The highest BCUT2D eigenvalue weighted by Crippen LogP contribution is 2.28. The van der Waals surface area contributed by atoms with Crippen LogP contribution < -0.4 is 19.7 Å². The Labute approximate surface area is 197 Å². The standard InChI is InChI=1S/C26H31N3O2.ClH/c1-4-5-19-30-24-15-11-21(12-16-24)28-26(27)29(22-9-7-6-8-10-22)23-13-17-25(18-14-23)31-20(2)3;/h6-18,20H,4-5,19H2,1-3H3,(H2,27,28);1H. The summed E-state index contributed by atoms with van der Waals surface area (Å²) in [5.74, 6) is 1.90. The molecule has 3 aromatic rings. The van der Waals surface area contributed by atoms with Crippen molar-refractivity contribution in [2.24, 2.45) is 0 Å². The molecule has 0 bridgehead atoms. The van der Waals surface area contributed by atoms with Gasteiger partial charge in [0.05, 0.1) is 12.7 Å². The summed E-state index contributed by atoms with van der Waals surface area (Å²) in [6.45, 7) is 6.87. The van der Waals surface area contributed by atoms with Crippen LogP contribution in [0.1, 0.15) is 33.6 Å². The van der Waals surface area contributed by atoms with E-state index in [9.17, 15) is 0 Å². The van der Waals surface area contributed by atoms with E-state index in [0.717, 1.165) is 48.0 Å². The minimum absolute atomic E-state index is 0. The molecule has 0 atom stereocenters. The number of guanidine groups is 1. The monoisotopic (exact) mass is 453 g/mol. The Morgan fingerprint density at radius 2 is 1.47 bits per heavy atom. The van der Waals surface area contributed by atoms with E-state index in [-0.39, 0.29) is 24.5 Å². The maximum atomic E-state index is 8.77. The number of nitrogens with zero attached hydrogens (tertiary/aromatic N) is 1. The lowest BCUT2D eigenvalue weighted by Crippen LogP contribution is -2.31. The van der Waals surface area contributed by atoms with Crippen LogP contribution in [0.25, 0.3) is 0 Å². The van der Waals surface area contributed by atoms with Crippen LogP contribution in [0.5, 0.6) is 11.5 Å². The molecule has 2 N–H and O–H groups in total. The third-order valence-corrected chi connectivity index (χ3v) is 4.59. The Kier molecular flexibility index (Phi) is 9.89. The molecule has 0 saturated heterocycles. The average Bonchev–Trinajstić information content (AvgIpc) is 2.77. The molecule has 0 aliphatic carbocycles. The normalized spacial score (nSPS) is 10.2. The van der Waals surface area contributed by atoms with Crippen LogP contribution in [0.4, 0.5) is 17.1 Å². The molecule has 3 aromatic carbocycles. The third kappa shape index (κ3) is 7.20. The van der Waals surface area contributed by atoms with Crippen LogP contribution >= 0.6 is 12.4 Å². The number of halogens is 1. The summed E-state index contributed by atoms with van der Waals surface area (Å²) in [6.07, 6.45) is 2.26. The average molecular weight is 454 g/mol. The summed E-state index contributed by atoms with van der Waals surface area (Å²) in [6, 6.07) is 25.4. The third-order valence-electron chi connectivity index (χ3n) is 4.59. The van der Waals surface area contributed by atoms with Gasteiger partial charge in [-0.1, -0.05) is 31.5 Å². The molecule has 0 aliphatic rings. The molecule has 6 heteroatoms. The summed E-state index contributed by atoms with van der Waals surface area (Å²) < 4.78 is 11.5. The van der Waals surface area contributed by atoms with E-state index in [4.69, 9.17) is 14.9 Å². The van der Waals surface area contributed by atoms with Crippen LogP contribution in [0.2, 0.25) is 0 Å². The molecule has 0 heterocycles. The van der Waals surface area contributed by atoms with E-state index in [1.807, 2.05) is 97.6 Å². The fourth-order valence-electron chi connectivity index (χ4n) is 3.09. The lowest BCUT2D eigenvalue weighted by Gasteiger charge is -2.26. The second-order valence-corrected chi connectivity index (χ2v) is 7.53.